The van der Waals surface area contributed by atoms with E-state index in [1.807, 2.05) is 25.1 Å². The molecule has 110 valence electrons. The number of alkyl halides is 2. The van der Waals surface area contributed by atoms with Gasteiger partial charge in [-0.05, 0) is 43.7 Å². The minimum atomic E-state index is -2.56. The van der Waals surface area contributed by atoms with Gasteiger partial charge in [-0.1, -0.05) is 11.2 Å². The van der Waals surface area contributed by atoms with Crippen molar-refractivity contribution in [3.8, 4) is 11.8 Å². The first kappa shape index (κ1) is 14.0. The molecule has 0 radical (unpaired) electrons. The van der Waals surface area contributed by atoms with Crippen LogP contribution in [0.5, 0.6) is 0 Å². The lowest BCUT2D eigenvalue weighted by Crippen LogP contribution is -2.38. The second kappa shape index (κ2) is 5.10. The maximum absolute atomic E-state index is 13.2. The number of nitrogens with zero attached hydrogens (tertiary/aromatic N) is 2. The van der Waals surface area contributed by atoms with Gasteiger partial charge in [-0.15, -0.1) is 0 Å². The van der Waals surface area contributed by atoms with Crippen molar-refractivity contribution in [1.29, 1.82) is 0 Å². The van der Waals surface area contributed by atoms with E-state index in [1.165, 1.54) is 0 Å². The SMILES string of the molecule is Cc1cccc(C#CC2=NOC3(CCC(F)(F)CC3)C2)n1. The third-order valence-electron chi connectivity index (χ3n) is 3.96. The molecule has 1 aromatic rings. The Labute approximate surface area is 122 Å². The summed E-state index contributed by atoms with van der Waals surface area (Å²) in [6.45, 7) is 1.90. The Morgan fingerprint density at radius 1 is 1.14 bits per heavy atom. The highest BCUT2D eigenvalue weighted by molar-refractivity contribution is 6.01. The molecule has 0 saturated heterocycles. The lowest BCUT2D eigenvalue weighted by molar-refractivity contribution is -0.119. The topological polar surface area (TPSA) is 34.5 Å². The predicted molar refractivity (Wildman–Crippen MR) is 75.1 cm³/mol. The second-order valence-corrected chi connectivity index (χ2v) is 5.76. The summed E-state index contributed by atoms with van der Waals surface area (Å²) < 4.78 is 26.4. The molecule has 0 N–H and O–H groups in total. The normalized spacial score (nSPS) is 22.1. The van der Waals surface area contributed by atoms with E-state index < -0.39 is 11.5 Å². The molecule has 0 atom stereocenters. The van der Waals surface area contributed by atoms with E-state index in [9.17, 15) is 8.78 Å². The van der Waals surface area contributed by atoms with Gasteiger partial charge in [0, 0.05) is 25.0 Å². The lowest BCUT2D eigenvalue weighted by Gasteiger charge is -2.34. The largest absolute Gasteiger partial charge is 0.388 e. The molecule has 5 heteroatoms. The van der Waals surface area contributed by atoms with Crippen molar-refractivity contribution in [1.82, 2.24) is 4.98 Å². The average molecular weight is 290 g/mol. The van der Waals surface area contributed by atoms with E-state index in [-0.39, 0.29) is 12.8 Å². The summed E-state index contributed by atoms with van der Waals surface area (Å²) in [5.74, 6) is 3.33. The Hall–Kier alpha value is -1.96. The van der Waals surface area contributed by atoms with Crippen LogP contribution >= 0.6 is 0 Å². The summed E-state index contributed by atoms with van der Waals surface area (Å²) in [6, 6.07) is 5.62. The van der Waals surface area contributed by atoms with Gasteiger partial charge in [0.1, 0.15) is 17.0 Å². The molecule has 0 aromatic carbocycles. The first-order valence-electron chi connectivity index (χ1n) is 7.05. The van der Waals surface area contributed by atoms with Crippen LogP contribution in [0.1, 0.15) is 43.5 Å². The van der Waals surface area contributed by atoms with Gasteiger partial charge in [0.2, 0.25) is 5.92 Å². The Balaban J connectivity index is 1.66. The van der Waals surface area contributed by atoms with Crippen molar-refractivity contribution in [3.05, 3.63) is 29.6 Å². The monoisotopic (exact) mass is 290 g/mol. The molecule has 1 aliphatic heterocycles. The number of hydrogen-bond acceptors (Lipinski definition) is 3. The van der Waals surface area contributed by atoms with Crippen LogP contribution in [0.3, 0.4) is 0 Å². The maximum atomic E-state index is 13.2. The van der Waals surface area contributed by atoms with E-state index in [1.54, 1.807) is 0 Å². The highest BCUT2D eigenvalue weighted by Crippen LogP contribution is 2.44. The van der Waals surface area contributed by atoms with Gasteiger partial charge < -0.3 is 4.84 Å². The number of rotatable bonds is 0. The zero-order chi connectivity index (χ0) is 14.9. The Morgan fingerprint density at radius 2 is 1.90 bits per heavy atom. The predicted octanol–water partition coefficient (Wildman–Crippen LogP) is 3.47. The van der Waals surface area contributed by atoms with Crippen molar-refractivity contribution in [2.24, 2.45) is 5.16 Å². The second-order valence-electron chi connectivity index (χ2n) is 5.76. The lowest BCUT2D eigenvalue weighted by atomic mass is 9.80. The minimum Gasteiger partial charge on any atom is -0.388 e. The molecule has 1 fully saturated rings. The number of hydrogen-bond donors (Lipinski definition) is 0. The van der Waals surface area contributed by atoms with Crippen LogP contribution < -0.4 is 0 Å². The Kier molecular flexibility index (Phi) is 3.40. The fraction of sp³-hybridized carbons (Fsp3) is 0.500. The third kappa shape index (κ3) is 3.21. The van der Waals surface area contributed by atoms with Gasteiger partial charge >= 0.3 is 0 Å². The zero-order valence-electron chi connectivity index (χ0n) is 11.8. The van der Waals surface area contributed by atoms with Crippen LogP contribution in [0.25, 0.3) is 0 Å². The van der Waals surface area contributed by atoms with Gasteiger partial charge in [-0.2, -0.15) is 0 Å². The number of pyridine rings is 1. The van der Waals surface area contributed by atoms with Gasteiger partial charge in [-0.3, -0.25) is 0 Å². The summed E-state index contributed by atoms with van der Waals surface area (Å²) in [5, 5.41) is 3.97. The first-order chi connectivity index (χ1) is 9.96. The van der Waals surface area contributed by atoms with Crippen LogP contribution in [0.4, 0.5) is 8.78 Å². The molecule has 1 saturated carbocycles. The molecule has 1 spiro atoms. The highest BCUT2D eigenvalue weighted by Gasteiger charge is 2.48. The Morgan fingerprint density at radius 3 is 2.62 bits per heavy atom. The van der Waals surface area contributed by atoms with Crippen molar-refractivity contribution in [2.75, 3.05) is 0 Å². The number of aryl methyl sites for hydroxylation is 1. The zero-order valence-corrected chi connectivity index (χ0v) is 11.8. The number of oxime groups is 1. The maximum Gasteiger partial charge on any atom is 0.248 e. The molecular weight excluding hydrogens is 274 g/mol. The van der Waals surface area contributed by atoms with E-state index in [0.717, 1.165) is 5.69 Å². The van der Waals surface area contributed by atoms with Crippen molar-refractivity contribution < 1.29 is 13.6 Å². The summed E-state index contributed by atoms with van der Waals surface area (Å²) in [5.41, 5.74) is 1.63. The molecule has 3 nitrogen and oxygen atoms in total. The van der Waals surface area contributed by atoms with E-state index >= 15 is 0 Å². The molecule has 2 heterocycles. The summed E-state index contributed by atoms with van der Waals surface area (Å²) in [7, 11) is 0. The summed E-state index contributed by atoms with van der Waals surface area (Å²) in [6.07, 6.45) is 0.905. The molecule has 21 heavy (non-hydrogen) atoms. The van der Waals surface area contributed by atoms with Crippen molar-refractivity contribution in [2.45, 2.75) is 50.6 Å². The van der Waals surface area contributed by atoms with Gasteiger partial charge in [0.15, 0.2) is 0 Å². The quantitative estimate of drug-likeness (QED) is 0.686. The van der Waals surface area contributed by atoms with Gasteiger partial charge in [0.05, 0.1) is 0 Å². The fourth-order valence-corrected chi connectivity index (χ4v) is 2.68. The minimum absolute atomic E-state index is 0.136. The van der Waals surface area contributed by atoms with Crippen molar-refractivity contribution >= 4 is 5.71 Å². The van der Waals surface area contributed by atoms with E-state index in [2.05, 4.69) is 22.0 Å². The molecule has 0 amide bonds. The highest BCUT2D eigenvalue weighted by atomic mass is 19.3. The average Bonchev–Trinajstić information content (AvgIpc) is 2.85. The fourth-order valence-electron chi connectivity index (χ4n) is 2.68. The van der Waals surface area contributed by atoms with Crippen LogP contribution in [0.2, 0.25) is 0 Å². The summed E-state index contributed by atoms with van der Waals surface area (Å²) >= 11 is 0. The molecule has 1 aliphatic carbocycles. The van der Waals surface area contributed by atoms with E-state index in [4.69, 9.17) is 4.84 Å². The first-order valence-corrected chi connectivity index (χ1v) is 7.05. The molecule has 0 bridgehead atoms. The van der Waals surface area contributed by atoms with Gasteiger partial charge in [-0.25, -0.2) is 13.8 Å². The molecule has 0 unspecified atom stereocenters. The standard InChI is InChI=1S/C16H16F2N2O/c1-12-3-2-4-13(19-12)5-6-14-11-15(21-20-14)7-9-16(17,18)10-8-15/h2-4H,7-11H2,1H3. The van der Waals surface area contributed by atoms with Gasteiger partial charge in [0.25, 0.3) is 0 Å². The number of aromatic nitrogens is 1. The smallest absolute Gasteiger partial charge is 0.248 e. The third-order valence-corrected chi connectivity index (χ3v) is 3.96. The molecule has 2 aliphatic rings. The van der Waals surface area contributed by atoms with Crippen LogP contribution in [0.15, 0.2) is 23.4 Å². The van der Waals surface area contributed by atoms with Crippen molar-refractivity contribution in [3.63, 3.8) is 0 Å². The Bertz CT molecular complexity index is 633. The van der Waals surface area contributed by atoms with Crippen LogP contribution in [0, 0.1) is 18.8 Å². The molecule has 3 rings (SSSR count). The van der Waals surface area contributed by atoms with Crippen LogP contribution in [-0.4, -0.2) is 22.2 Å². The van der Waals surface area contributed by atoms with Crippen LogP contribution in [-0.2, 0) is 4.84 Å². The summed E-state index contributed by atoms with van der Waals surface area (Å²) in [4.78, 5) is 9.72. The number of halogens is 2. The molecule has 1 aromatic heterocycles. The van der Waals surface area contributed by atoms with E-state index in [0.29, 0.717) is 30.7 Å². The molecular formula is C16H16F2N2O.